The van der Waals surface area contributed by atoms with E-state index in [1.807, 2.05) is 7.05 Å². The number of carbonyl (C=O) groups is 1. The molecule has 1 heterocycles. The maximum absolute atomic E-state index is 12.2. The zero-order valence-electron chi connectivity index (χ0n) is 13.3. The smallest absolute Gasteiger partial charge is 0.238 e. The molecule has 1 unspecified atom stereocenters. The lowest BCUT2D eigenvalue weighted by Crippen LogP contribution is -2.46. The van der Waals surface area contributed by atoms with Crippen molar-refractivity contribution < 1.29 is 13.2 Å². The number of primary sulfonamides is 1. The lowest BCUT2D eigenvalue weighted by atomic mass is 10.1. The van der Waals surface area contributed by atoms with E-state index in [1.54, 1.807) is 0 Å². The number of carbonyl (C=O) groups excluding carboxylic acids is 1. The average Bonchev–Trinajstić information content (AvgIpc) is 2.48. The molecular formula is C14H22Cl2N4O3S. The molecule has 0 aliphatic carbocycles. The third-order valence-electron chi connectivity index (χ3n) is 3.82. The summed E-state index contributed by atoms with van der Waals surface area (Å²) in [6, 6.07) is 4.35. The van der Waals surface area contributed by atoms with E-state index in [9.17, 15) is 13.2 Å². The van der Waals surface area contributed by atoms with Crippen LogP contribution in [0.25, 0.3) is 0 Å². The molecule has 4 N–H and O–H groups in total. The van der Waals surface area contributed by atoms with Gasteiger partial charge in [-0.05, 0) is 44.6 Å². The first-order valence-electron chi connectivity index (χ1n) is 7.31. The molecule has 0 spiro atoms. The zero-order valence-corrected chi connectivity index (χ0v) is 15.7. The van der Waals surface area contributed by atoms with Gasteiger partial charge in [0.25, 0.3) is 0 Å². The summed E-state index contributed by atoms with van der Waals surface area (Å²) < 4.78 is 22.8. The van der Waals surface area contributed by atoms with Gasteiger partial charge < -0.3 is 10.6 Å². The van der Waals surface area contributed by atoms with E-state index < -0.39 is 10.0 Å². The van der Waals surface area contributed by atoms with Crippen LogP contribution in [0.4, 0.5) is 5.69 Å². The number of nitrogens with zero attached hydrogens (tertiary/aromatic N) is 1. The van der Waals surface area contributed by atoms with Crippen LogP contribution in [-0.2, 0) is 14.8 Å². The first-order valence-corrected chi connectivity index (χ1v) is 9.24. The number of piperidine rings is 1. The Morgan fingerprint density at radius 3 is 2.79 bits per heavy atom. The van der Waals surface area contributed by atoms with Gasteiger partial charge in [-0.25, -0.2) is 13.6 Å². The van der Waals surface area contributed by atoms with Gasteiger partial charge in [0.2, 0.25) is 15.9 Å². The first-order chi connectivity index (χ1) is 10.8. The van der Waals surface area contributed by atoms with Crippen LogP contribution < -0.4 is 15.8 Å². The summed E-state index contributed by atoms with van der Waals surface area (Å²) in [4.78, 5) is 14.1. The number of amides is 1. The third-order valence-corrected chi connectivity index (χ3v) is 5.06. The average molecular weight is 397 g/mol. The Bertz CT molecular complexity index is 685. The molecule has 1 fully saturated rings. The highest BCUT2D eigenvalue weighted by Crippen LogP contribution is 2.24. The van der Waals surface area contributed by atoms with Crippen LogP contribution in [0.3, 0.4) is 0 Å². The molecule has 1 aromatic carbocycles. The minimum Gasteiger partial charge on any atom is -0.324 e. The molecule has 2 rings (SSSR count). The van der Waals surface area contributed by atoms with Crippen LogP contribution in [0, 0.1) is 0 Å². The summed E-state index contributed by atoms with van der Waals surface area (Å²) in [6.45, 7) is 1.89. The van der Waals surface area contributed by atoms with Gasteiger partial charge in [0.15, 0.2) is 0 Å². The van der Waals surface area contributed by atoms with E-state index in [1.165, 1.54) is 18.2 Å². The number of anilines is 1. The van der Waals surface area contributed by atoms with Crippen molar-refractivity contribution in [3.63, 3.8) is 0 Å². The molecule has 1 aliphatic heterocycles. The molecule has 136 valence electrons. The molecule has 1 saturated heterocycles. The number of rotatable bonds is 5. The van der Waals surface area contributed by atoms with Crippen LogP contribution in [0.2, 0.25) is 5.02 Å². The maximum Gasteiger partial charge on any atom is 0.238 e. The van der Waals surface area contributed by atoms with Gasteiger partial charge in [0, 0.05) is 12.6 Å². The normalized spacial score (nSPS) is 18.7. The Morgan fingerprint density at radius 2 is 2.17 bits per heavy atom. The van der Waals surface area contributed by atoms with E-state index in [0.29, 0.717) is 6.04 Å². The van der Waals surface area contributed by atoms with Crippen molar-refractivity contribution in [2.75, 3.05) is 32.0 Å². The summed E-state index contributed by atoms with van der Waals surface area (Å²) in [6.07, 6.45) is 2.12. The molecule has 0 bridgehead atoms. The topological polar surface area (TPSA) is 105 Å². The minimum atomic E-state index is -3.84. The molecule has 7 nitrogen and oxygen atoms in total. The molecule has 1 amide bonds. The molecule has 0 radical (unpaired) electrons. The molecule has 0 saturated carbocycles. The van der Waals surface area contributed by atoms with E-state index in [4.69, 9.17) is 16.7 Å². The van der Waals surface area contributed by atoms with Gasteiger partial charge in [-0.2, -0.15) is 0 Å². The molecule has 1 atom stereocenters. The highest BCUT2D eigenvalue weighted by Gasteiger charge is 2.21. The first kappa shape index (κ1) is 21.1. The second-order valence-corrected chi connectivity index (χ2v) is 7.57. The summed E-state index contributed by atoms with van der Waals surface area (Å²) in [5.74, 6) is -0.241. The van der Waals surface area contributed by atoms with Gasteiger partial charge in [-0.1, -0.05) is 11.6 Å². The SMILES string of the molecule is CNC1CCCN(CC(=O)Nc2cc(S(N)(=O)=O)ccc2Cl)C1.Cl. The number of hydrogen-bond donors (Lipinski definition) is 3. The zero-order chi connectivity index (χ0) is 17.0. The molecular weight excluding hydrogens is 375 g/mol. The lowest BCUT2D eigenvalue weighted by Gasteiger charge is -2.31. The van der Waals surface area contributed by atoms with Crippen molar-refractivity contribution in [1.82, 2.24) is 10.2 Å². The summed E-state index contributed by atoms with van der Waals surface area (Å²) in [5, 5.41) is 11.2. The van der Waals surface area contributed by atoms with Crippen LogP contribution >= 0.6 is 24.0 Å². The summed E-state index contributed by atoms with van der Waals surface area (Å²) in [7, 11) is -1.93. The molecule has 10 heteroatoms. The van der Waals surface area contributed by atoms with Gasteiger partial charge in [0.1, 0.15) is 0 Å². The number of hydrogen-bond acceptors (Lipinski definition) is 5. The molecule has 1 aliphatic rings. The third kappa shape index (κ3) is 5.87. The van der Waals surface area contributed by atoms with Crippen LogP contribution in [0.1, 0.15) is 12.8 Å². The largest absolute Gasteiger partial charge is 0.324 e. The van der Waals surface area contributed by atoms with E-state index in [2.05, 4.69) is 15.5 Å². The Kier molecular flexibility index (Phi) is 7.91. The maximum atomic E-state index is 12.2. The van der Waals surface area contributed by atoms with E-state index in [-0.39, 0.29) is 40.5 Å². The number of sulfonamides is 1. The molecule has 1 aromatic rings. The number of nitrogens with one attached hydrogen (secondary N) is 2. The van der Waals surface area contributed by atoms with Gasteiger partial charge >= 0.3 is 0 Å². The monoisotopic (exact) mass is 396 g/mol. The van der Waals surface area contributed by atoms with E-state index >= 15 is 0 Å². The number of benzene rings is 1. The van der Waals surface area contributed by atoms with Crippen molar-refractivity contribution in [3.05, 3.63) is 23.2 Å². The molecule has 24 heavy (non-hydrogen) atoms. The minimum absolute atomic E-state index is 0. The Hall–Kier alpha value is -0.900. The number of likely N-dealkylation sites (N-methyl/N-ethyl adjacent to an activating group) is 1. The predicted octanol–water partition coefficient (Wildman–Crippen LogP) is 1.03. The predicted molar refractivity (Wildman–Crippen MR) is 97.2 cm³/mol. The van der Waals surface area contributed by atoms with Gasteiger partial charge in [-0.3, -0.25) is 9.69 Å². The fourth-order valence-electron chi connectivity index (χ4n) is 2.60. The van der Waals surface area contributed by atoms with Crippen LogP contribution in [-0.4, -0.2) is 51.9 Å². The Labute approximate surface area is 153 Å². The van der Waals surface area contributed by atoms with Crippen molar-refractivity contribution >= 4 is 45.6 Å². The number of nitrogens with two attached hydrogens (primary N) is 1. The van der Waals surface area contributed by atoms with Crippen molar-refractivity contribution in [3.8, 4) is 0 Å². The second kappa shape index (κ2) is 8.98. The van der Waals surface area contributed by atoms with Crippen LogP contribution in [0.15, 0.2) is 23.1 Å². The fourth-order valence-corrected chi connectivity index (χ4v) is 3.31. The van der Waals surface area contributed by atoms with Crippen molar-refractivity contribution in [2.45, 2.75) is 23.8 Å². The number of likely N-dealkylation sites (tertiary alicyclic amines) is 1. The highest BCUT2D eigenvalue weighted by molar-refractivity contribution is 7.89. The summed E-state index contributed by atoms with van der Waals surface area (Å²) in [5.41, 5.74) is 0.241. The van der Waals surface area contributed by atoms with Crippen LogP contribution in [0.5, 0.6) is 0 Å². The van der Waals surface area contributed by atoms with Crippen molar-refractivity contribution in [1.29, 1.82) is 0 Å². The standard InChI is InChI=1S/C14H21ClN4O3S.ClH/c1-17-10-3-2-6-19(8-10)9-14(20)18-13-7-11(23(16,21)22)4-5-12(13)15;/h4-5,7,10,17H,2-3,6,8-9H2,1H3,(H,18,20)(H2,16,21,22);1H. The summed E-state index contributed by atoms with van der Waals surface area (Å²) >= 11 is 6.00. The second-order valence-electron chi connectivity index (χ2n) is 5.60. The lowest BCUT2D eigenvalue weighted by molar-refractivity contribution is -0.117. The molecule has 0 aromatic heterocycles. The van der Waals surface area contributed by atoms with Crippen molar-refractivity contribution in [2.24, 2.45) is 5.14 Å². The fraction of sp³-hybridized carbons (Fsp3) is 0.500. The quantitative estimate of drug-likeness (QED) is 0.689. The Balaban J connectivity index is 0.00000288. The van der Waals surface area contributed by atoms with Gasteiger partial charge in [-0.15, -0.1) is 12.4 Å². The van der Waals surface area contributed by atoms with E-state index in [0.717, 1.165) is 25.9 Å². The Morgan fingerprint density at radius 1 is 1.46 bits per heavy atom. The van der Waals surface area contributed by atoms with Gasteiger partial charge in [0.05, 0.1) is 22.2 Å². The number of halogens is 2. The highest BCUT2D eigenvalue weighted by atomic mass is 35.5.